The molecule has 0 fully saturated rings. The quantitative estimate of drug-likeness (QED) is 0.152. The molecule has 2 aromatic heterocycles. The molecule has 8 nitrogen and oxygen atoms in total. The number of para-hydroxylation sites is 1. The van der Waals surface area contributed by atoms with E-state index in [-0.39, 0.29) is 11.8 Å². The number of hydrogen-bond donors (Lipinski definition) is 1. The first-order valence-electron chi connectivity index (χ1n) is 14.6. The molecule has 0 spiro atoms. The van der Waals surface area contributed by atoms with Crippen LogP contribution in [0.4, 0.5) is 5.69 Å². The second-order valence-corrected chi connectivity index (χ2v) is 10.5. The van der Waals surface area contributed by atoms with Gasteiger partial charge in [-0.05, 0) is 55.8 Å². The number of oxazole rings is 1. The Hall–Kier alpha value is -5.50. The zero-order valence-corrected chi connectivity index (χ0v) is 24.7. The van der Waals surface area contributed by atoms with E-state index < -0.39 is 0 Å². The van der Waals surface area contributed by atoms with Crippen LogP contribution in [0.1, 0.15) is 44.8 Å². The van der Waals surface area contributed by atoms with E-state index in [2.05, 4.69) is 20.5 Å². The van der Waals surface area contributed by atoms with Gasteiger partial charge in [-0.3, -0.25) is 4.79 Å². The SMILES string of the molecule is Cc1oc(-c2ccccc2)nc1CCOc1ccc(C(Cn2cnnc2C)Nc2ccccc2C(=O)c2ccccc2)cc1. The van der Waals surface area contributed by atoms with Crippen molar-refractivity contribution in [2.75, 3.05) is 11.9 Å². The summed E-state index contributed by atoms with van der Waals surface area (Å²) in [5, 5.41) is 11.8. The van der Waals surface area contributed by atoms with Gasteiger partial charge in [0.1, 0.15) is 23.7 Å². The minimum absolute atomic E-state index is 0.0325. The molecule has 220 valence electrons. The first kappa shape index (κ1) is 28.6. The third-order valence-electron chi connectivity index (χ3n) is 7.53. The van der Waals surface area contributed by atoms with E-state index in [0.717, 1.165) is 39.8 Å². The van der Waals surface area contributed by atoms with E-state index in [1.807, 2.05) is 128 Å². The van der Waals surface area contributed by atoms with Crippen molar-refractivity contribution >= 4 is 11.5 Å². The summed E-state index contributed by atoms with van der Waals surface area (Å²) in [6.07, 6.45) is 2.35. The lowest BCUT2D eigenvalue weighted by molar-refractivity contribution is 0.103. The molecule has 4 aromatic carbocycles. The number of carbonyl (C=O) groups excluding carboxylic acids is 1. The lowest BCUT2D eigenvalue weighted by Gasteiger charge is -2.23. The van der Waals surface area contributed by atoms with E-state index in [9.17, 15) is 4.79 Å². The molecule has 6 rings (SSSR count). The molecule has 44 heavy (non-hydrogen) atoms. The van der Waals surface area contributed by atoms with Gasteiger partial charge in [0.15, 0.2) is 5.78 Å². The van der Waals surface area contributed by atoms with Crippen LogP contribution in [-0.4, -0.2) is 32.1 Å². The summed E-state index contributed by atoms with van der Waals surface area (Å²) in [4.78, 5) is 18.1. The van der Waals surface area contributed by atoms with Crippen LogP contribution in [0.5, 0.6) is 5.75 Å². The van der Waals surface area contributed by atoms with E-state index in [4.69, 9.17) is 9.15 Å². The molecule has 0 saturated carbocycles. The van der Waals surface area contributed by atoms with Gasteiger partial charge in [0.05, 0.1) is 18.3 Å². The zero-order chi connectivity index (χ0) is 30.3. The van der Waals surface area contributed by atoms with Crippen molar-refractivity contribution in [2.24, 2.45) is 0 Å². The number of nitrogens with one attached hydrogen (secondary N) is 1. The average Bonchev–Trinajstić information content (AvgIpc) is 3.65. The predicted molar refractivity (Wildman–Crippen MR) is 170 cm³/mol. The van der Waals surface area contributed by atoms with Gasteiger partial charge in [-0.15, -0.1) is 10.2 Å². The van der Waals surface area contributed by atoms with E-state index in [1.165, 1.54) is 0 Å². The summed E-state index contributed by atoms with van der Waals surface area (Å²) in [6.45, 7) is 4.90. The summed E-state index contributed by atoms with van der Waals surface area (Å²) >= 11 is 0. The second kappa shape index (κ2) is 13.2. The molecular formula is C36H33N5O3. The van der Waals surface area contributed by atoms with Crippen LogP contribution in [0.2, 0.25) is 0 Å². The maximum Gasteiger partial charge on any atom is 0.226 e. The molecule has 0 aliphatic carbocycles. The van der Waals surface area contributed by atoms with Crippen LogP contribution in [0.15, 0.2) is 120 Å². The molecule has 1 N–H and O–H groups in total. The molecule has 0 saturated heterocycles. The highest BCUT2D eigenvalue weighted by molar-refractivity contribution is 6.12. The summed E-state index contributed by atoms with van der Waals surface area (Å²) in [7, 11) is 0. The normalized spacial score (nSPS) is 11.7. The van der Waals surface area contributed by atoms with Gasteiger partial charge >= 0.3 is 0 Å². The Morgan fingerprint density at radius 1 is 0.886 bits per heavy atom. The second-order valence-electron chi connectivity index (χ2n) is 10.5. The van der Waals surface area contributed by atoms with Gasteiger partial charge in [-0.1, -0.05) is 72.8 Å². The van der Waals surface area contributed by atoms with Crippen LogP contribution in [0.25, 0.3) is 11.5 Å². The monoisotopic (exact) mass is 583 g/mol. The smallest absolute Gasteiger partial charge is 0.226 e. The molecular weight excluding hydrogens is 550 g/mol. The molecule has 2 heterocycles. The fourth-order valence-electron chi connectivity index (χ4n) is 5.09. The van der Waals surface area contributed by atoms with Gasteiger partial charge < -0.3 is 19.0 Å². The predicted octanol–water partition coefficient (Wildman–Crippen LogP) is 7.26. The van der Waals surface area contributed by atoms with Crippen LogP contribution >= 0.6 is 0 Å². The van der Waals surface area contributed by atoms with Crippen LogP contribution < -0.4 is 10.1 Å². The summed E-state index contributed by atoms with van der Waals surface area (Å²) in [5.74, 6) is 2.96. The van der Waals surface area contributed by atoms with Crippen molar-refractivity contribution in [3.8, 4) is 17.2 Å². The number of aromatic nitrogens is 4. The van der Waals surface area contributed by atoms with Gasteiger partial charge in [0, 0.05) is 35.3 Å². The molecule has 6 aromatic rings. The van der Waals surface area contributed by atoms with Gasteiger partial charge in [-0.25, -0.2) is 4.98 Å². The standard InChI is InChI=1S/C36H33N5O3/c1-25-32(39-36(44-25)29-13-7-4-8-14-29)21-22-43-30-19-17-27(18-20-30)34(23-41-24-37-40-26(41)2)38-33-16-10-9-15-31(33)35(42)28-11-5-3-6-12-28/h3-20,24,34,38H,21-23H2,1-2H3. The number of ether oxygens (including phenoxy) is 1. The first-order chi connectivity index (χ1) is 21.5. The van der Waals surface area contributed by atoms with Crippen LogP contribution in [-0.2, 0) is 13.0 Å². The summed E-state index contributed by atoms with van der Waals surface area (Å²) < 4.78 is 14.0. The van der Waals surface area contributed by atoms with E-state index in [0.29, 0.717) is 36.6 Å². The van der Waals surface area contributed by atoms with Crippen molar-refractivity contribution in [3.05, 3.63) is 149 Å². The van der Waals surface area contributed by atoms with E-state index in [1.54, 1.807) is 6.33 Å². The largest absolute Gasteiger partial charge is 0.493 e. The molecule has 0 amide bonds. The zero-order valence-electron chi connectivity index (χ0n) is 24.7. The lowest BCUT2D eigenvalue weighted by atomic mass is 10.00. The Bertz CT molecular complexity index is 1830. The Morgan fingerprint density at radius 2 is 1.59 bits per heavy atom. The molecule has 0 radical (unpaired) electrons. The highest BCUT2D eigenvalue weighted by atomic mass is 16.5. The van der Waals surface area contributed by atoms with Crippen molar-refractivity contribution in [1.82, 2.24) is 19.7 Å². The van der Waals surface area contributed by atoms with Gasteiger partial charge in [0.25, 0.3) is 0 Å². The van der Waals surface area contributed by atoms with Crippen LogP contribution in [0, 0.1) is 13.8 Å². The molecule has 0 aliphatic rings. The van der Waals surface area contributed by atoms with E-state index >= 15 is 0 Å². The third-order valence-corrected chi connectivity index (χ3v) is 7.53. The lowest BCUT2D eigenvalue weighted by Crippen LogP contribution is -2.19. The van der Waals surface area contributed by atoms with Crippen molar-refractivity contribution in [3.63, 3.8) is 0 Å². The number of hydrogen-bond acceptors (Lipinski definition) is 7. The molecule has 8 heteroatoms. The number of anilines is 1. The highest BCUT2D eigenvalue weighted by Crippen LogP contribution is 2.28. The van der Waals surface area contributed by atoms with Crippen molar-refractivity contribution in [1.29, 1.82) is 0 Å². The number of carbonyl (C=O) groups is 1. The maximum absolute atomic E-state index is 13.4. The minimum Gasteiger partial charge on any atom is -0.493 e. The van der Waals surface area contributed by atoms with Crippen molar-refractivity contribution in [2.45, 2.75) is 32.9 Å². The summed E-state index contributed by atoms with van der Waals surface area (Å²) in [5.41, 5.74) is 4.89. The van der Waals surface area contributed by atoms with Crippen molar-refractivity contribution < 1.29 is 13.9 Å². The molecule has 0 bridgehead atoms. The number of rotatable bonds is 12. The number of aryl methyl sites for hydroxylation is 2. The Morgan fingerprint density at radius 3 is 2.32 bits per heavy atom. The number of ketones is 1. The first-order valence-corrected chi connectivity index (χ1v) is 14.6. The van der Waals surface area contributed by atoms with Gasteiger partial charge in [-0.2, -0.15) is 0 Å². The average molecular weight is 584 g/mol. The molecule has 0 aliphatic heterocycles. The minimum atomic E-state index is -0.169. The molecule has 1 unspecified atom stereocenters. The number of nitrogens with zero attached hydrogens (tertiary/aromatic N) is 4. The van der Waals surface area contributed by atoms with Gasteiger partial charge in [0.2, 0.25) is 5.89 Å². The third kappa shape index (κ3) is 6.60. The Balaban J connectivity index is 1.17. The molecule has 1 atom stereocenters. The fraction of sp³-hybridized carbons (Fsp3) is 0.167. The summed E-state index contributed by atoms with van der Waals surface area (Å²) in [6, 6.07) is 34.7. The highest BCUT2D eigenvalue weighted by Gasteiger charge is 2.19. The maximum atomic E-state index is 13.4. The fourth-order valence-corrected chi connectivity index (χ4v) is 5.09. The topological polar surface area (TPSA) is 95.1 Å². The Kier molecular flexibility index (Phi) is 8.59. The van der Waals surface area contributed by atoms with Crippen LogP contribution in [0.3, 0.4) is 0 Å². The Labute approximate surface area is 256 Å². The number of benzene rings is 4.